The van der Waals surface area contributed by atoms with Crippen LogP contribution in [0.5, 0.6) is 0 Å². The Morgan fingerprint density at radius 3 is 2.81 bits per heavy atom. The number of nitrogens with one attached hydrogen (secondary N) is 1. The van der Waals surface area contributed by atoms with Gasteiger partial charge >= 0.3 is 0 Å². The topological polar surface area (TPSA) is 102 Å². The van der Waals surface area contributed by atoms with Crippen LogP contribution < -0.4 is 4.72 Å². The monoisotopic (exact) mass is 414 g/mol. The van der Waals surface area contributed by atoms with Crippen molar-refractivity contribution in [1.82, 2.24) is 24.7 Å². The van der Waals surface area contributed by atoms with E-state index in [1.54, 1.807) is 6.07 Å². The molecule has 1 saturated carbocycles. The molecule has 1 atom stereocenters. The summed E-state index contributed by atoms with van der Waals surface area (Å²) in [5.41, 5.74) is -0.306. The molecule has 2 aromatic heterocycles. The second-order valence-electron chi connectivity index (χ2n) is 5.68. The largest absolute Gasteiger partial charge is 0.593 e. The number of nitriles is 1. The molecule has 1 aliphatic rings. The smallest absolute Gasteiger partial charge is 0.291 e. The van der Waals surface area contributed by atoms with Gasteiger partial charge in [0.15, 0.2) is 9.90 Å². The van der Waals surface area contributed by atoms with Gasteiger partial charge < -0.3 is 4.55 Å². The van der Waals surface area contributed by atoms with E-state index >= 15 is 0 Å². The van der Waals surface area contributed by atoms with Crippen LogP contribution in [0.2, 0.25) is 5.02 Å². The van der Waals surface area contributed by atoms with Crippen molar-refractivity contribution in [3.05, 3.63) is 28.4 Å². The summed E-state index contributed by atoms with van der Waals surface area (Å²) in [7, 11) is 0. The maximum absolute atomic E-state index is 12.7. The Kier molecular flexibility index (Phi) is 4.32. The molecule has 0 aliphatic heterocycles. The third-order valence-electron chi connectivity index (χ3n) is 3.88. The number of nitrogens with zero attached hydrogens (tertiary/aromatic N) is 5. The fraction of sp³-hybridized carbons (Fsp3) is 0.286. The third kappa shape index (κ3) is 3.04. The van der Waals surface area contributed by atoms with Crippen molar-refractivity contribution in [2.45, 2.75) is 29.7 Å². The van der Waals surface area contributed by atoms with Gasteiger partial charge in [-0.05, 0) is 12.8 Å². The van der Waals surface area contributed by atoms with Crippen LogP contribution in [0, 0.1) is 11.3 Å². The fourth-order valence-electron chi connectivity index (χ4n) is 2.32. The van der Waals surface area contributed by atoms with E-state index in [1.807, 2.05) is 0 Å². The van der Waals surface area contributed by atoms with Crippen molar-refractivity contribution < 1.29 is 13.3 Å². The van der Waals surface area contributed by atoms with Gasteiger partial charge in [-0.15, -0.1) is 14.9 Å². The van der Waals surface area contributed by atoms with Gasteiger partial charge in [-0.1, -0.05) is 22.9 Å². The predicted molar refractivity (Wildman–Crippen MR) is 91.6 cm³/mol. The number of hydrogen-bond acceptors (Lipinski definition) is 7. The van der Waals surface area contributed by atoms with Crippen molar-refractivity contribution in [3.63, 3.8) is 0 Å². The summed E-state index contributed by atoms with van der Waals surface area (Å²) in [6.07, 6.45) is 0.00719. The second-order valence-corrected chi connectivity index (χ2v) is 8.29. The zero-order valence-electron chi connectivity index (χ0n) is 12.8. The molecule has 134 valence electrons. The van der Waals surface area contributed by atoms with Crippen LogP contribution >= 0.6 is 22.9 Å². The molecule has 1 fully saturated rings. The Morgan fingerprint density at radius 2 is 2.19 bits per heavy atom. The average Bonchev–Trinajstić information content (AvgIpc) is 3.03. The molecule has 1 aliphatic carbocycles. The van der Waals surface area contributed by atoms with E-state index in [0.717, 1.165) is 0 Å². The zero-order chi connectivity index (χ0) is 18.5. The zero-order valence-corrected chi connectivity index (χ0v) is 15.2. The molecular weight excluding hydrogens is 406 g/mol. The molecule has 0 saturated heterocycles. The number of rotatable bonds is 5. The van der Waals surface area contributed by atoms with Gasteiger partial charge in [0.25, 0.3) is 6.43 Å². The van der Waals surface area contributed by atoms with E-state index in [-0.39, 0.29) is 5.13 Å². The van der Waals surface area contributed by atoms with Crippen LogP contribution in [-0.2, 0) is 11.4 Å². The van der Waals surface area contributed by atoms with Crippen LogP contribution in [0.3, 0.4) is 0 Å². The lowest BCUT2D eigenvalue weighted by molar-refractivity contribution is 0.150. The summed E-state index contributed by atoms with van der Waals surface area (Å²) in [5, 5.41) is 21.0. The van der Waals surface area contributed by atoms with Crippen molar-refractivity contribution in [1.29, 1.82) is 5.26 Å². The van der Waals surface area contributed by atoms with Crippen molar-refractivity contribution in [2.75, 3.05) is 0 Å². The number of aromatic nitrogens is 4. The SMILES string of the molecule is N#CC1(N[S+]([O-])c2cc(Cl)c3cnn(-c4nnc(C(F)F)s4)c3c2)CC1. The molecule has 1 unspecified atom stereocenters. The lowest BCUT2D eigenvalue weighted by atomic mass is 10.2. The maximum atomic E-state index is 12.7. The highest BCUT2D eigenvalue weighted by Gasteiger charge is 2.47. The number of fused-ring (bicyclic) bond motifs is 1. The molecule has 0 amide bonds. The fourth-order valence-corrected chi connectivity index (χ4v) is 4.48. The Morgan fingerprint density at radius 1 is 1.42 bits per heavy atom. The molecule has 2 heterocycles. The molecule has 3 aromatic rings. The third-order valence-corrected chi connectivity index (χ3v) is 6.33. The summed E-state index contributed by atoms with van der Waals surface area (Å²) >= 11 is 5.30. The Balaban J connectivity index is 1.74. The molecule has 1 N–H and O–H groups in total. The quantitative estimate of drug-likeness (QED) is 0.643. The molecule has 4 rings (SSSR count). The van der Waals surface area contributed by atoms with E-state index in [1.165, 1.54) is 16.9 Å². The van der Waals surface area contributed by atoms with E-state index in [0.29, 0.717) is 45.0 Å². The van der Waals surface area contributed by atoms with Crippen molar-refractivity contribution in [2.24, 2.45) is 0 Å². The first-order valence-electron chi connectivity index (χ1n) is 7.32. The van der Waals surface area contributed by atoms with Crippen LogP contribution in [0.15, 0.2) is 23.2 Å². The van der Waals surface area contributed by atoms with Gasteiger partial charge in [0.2, 0.25) is 5.13 Å². The summed E-state index contributed by atoms with van der Waals surface area (Å²) in [4.78, 5) is 0.351. The Labute approximate surface area is 157 Å². The minimum Gasteiger partial charge on any atom is -0.593 e. The van der Waals surface area contributed by atoms with E-state index in [4.69, 9.17) is 16.9 Å². The van der Waals surface area contributed by atoms with Gasteiger partial charge in [0.05, 0.1) is 34.2 Å². The lowest BCUT2D eigenvalue weighted by Crippen LogP contribution is -2.35. The summed E-state index contributed by atoms with van der Waals surface area (Å²) in [6, 6.07) is 5.21. The van der Waals surface area contributed by atoms with Gasteiger partial charge in [0, 0.05) is 17.5 Å². The number of benzene rings is 1. The molecule has 12 heteroatoms. The van der Waals surface area contributed by atoms with Crippen molar-refractivity contribution >= 4 is 45.2 Å². The Hall–Kier alpha value is -1.84. The first kappa shape index (κ1) is 17.6. The first-order chi connectivity index (χ1) is 12.4. The standard InChI is InChI=1S/C14H9ClF2N6OS2/c15-9-3-7(26(24)22-14(6-18)1-2-14)4-10-8(9)5-19-23(10)13-21-20-12(25-13)11(16)17/h3-5,11,22H,1-2H2. The second kappa shape index (κ2) is 6.40. The Bertz CT molecular complexity index is 1030. The average molecular weight is 415 g/mol. The summed E-state index contributed by atoms with van der Waals surface area (Å²) in [5.74, 6) is 0. The molecule has 26 heavy (non-hydrogen) atoms. The van der Waals surface area contributed by atoms with Crippen LogP contribution in [-0.4, -0.2) is 30.1 Å². The van der Waals surface area contributed by atoms with Crippen molar-refractivity contribution in [3.8, 4) is 11.2 Å². The molecular formula is C14H9ClF2N6OS2. The maximum Gasteiger partial charge on any atom is 0.291 e. The normalized spacial score (nSPS) is 16.8. The van der Waals surface area contributed by atoms with Crippen LogP contribution in [0.25, 0.3) is 16.0 Å². The van der Waals surface area contributed by atoms with E-state index in [9.17, 15) is 13.3 Å². The minimum absolute atomic E-state index is 0.151. The van der Waals surface area contributed by atoms with Gasteiger partial charge in [0.1, 0.15) is 5.54 Å². The highest BCUT2D eigenvalue weighted by atomic mass is 35.5. The number of hydrogen-bond donors (Lipinski definition) is 1. The summed E-state index contributed by atoms with van der Waals surface area (Å²) in [6.45, 7) is 0. The predicted octanol–water partition coefficient (Wildman–Crippen LogP) is 3.14. The van der Waals surface area contributed by atoms with Gasteiger partial charge in [-0.25, -0.2) is 13.5 Å². The first-order valence-corrected chi connectivity index (χ1v) is 9.67. The van der Waals surface area contributed by atoms with Gasteiger partial charge in [-0.2, -0.15) is 10.4 Å². The van der Waals surface area contributed by atoms with E-state index < -0.39 is 28.3 Å². The molecule has 7 nitrogen and oxygen atoms in total. The molecule has 0 spiro atoms. The lowest BCUT2D eigenvalue weighted by Gasteiger charge is -2.14. The molecule has 1 aromatic carbocycles. The number of halogens is 3. The van der Waals surface area contributed by atoms with Gasteiger partial charge in [-0.3, -0.25) is 0 Å². The number of alkyl halides is 2. The molecule has 0 radical (unpaired) electrons. The minimum atomic E-state index is -2.72. The van der Waals surface area contributed by atoms with E-state index in [2.05, 4.69) is 26.1 Å². The highest BCUT2D eigenvalue weighted by molar-refractivity contribution is 7.89. The van der Waals surface area contributed by atoms with Crippen LogP contribution in [0.1, 0.15) is 24.3 Å². The summed E-state index contributed by atoms with van der Waals surface area (Å²) < 4.78 is 42.2. The van der Waals surface area contributed by atoms with Crippen LogP contribution in [0.4, 0.5) is 8.78 Å². The highest BCUT2D eigenvalue weighted by Crippen LogP contribution is 2.37. The molecule has 0 bridgehead atoms.